The molecule has 1 aliphatic rings. The van der Waals surface area contributed by atoms with Crippen LogP contribution < -0.4 is 0 Å². The van der Waals surface area contributed by atoms with E-state index in [0.29, 0.717) is 11.3 Å². The number of carbonyl (C=O) groups excluding carboxylic acids is 1. The van der Waals surface area contributed by atoms with Crippen LogP contribution in [0.5, 0.6) is 5.75 Å². The molecule has 1 aliphatic heterocycles. The number of rotatable bonds is 1. The molecule has 94 valence electrons. The van der Waals surface area contributed by atoms with Gasteiger partial charge in [0, 0.05) is 25.5 Å². The van der Waals surface area contributed by atoms with E-state index in [-0.39, 0.29) is 11.7 Å². The maximum Gasteiger partial charge on any atom is 0.274 e. The minimum Gasteiger partial charge on any atom is -0.504 e. The lowest BCUT2D eigenvalue weighted by Crippen LogP contribution is -2.35. The van der Waals surface area contributed by atoms with Gasteiger partial charge in [0.1, 0.15) is 5.69 Å². The molecule has 0 atom stereocenters. The van der Waals surface area contributed by atoms with Gasteiger partial charge in [0.05, 0.1) is 0 Å². The van der Waals surface area contributed by atoms with Crippen LogP contribution in [0.25, 0.3) is 5.65 Å². The van der Waals surface area contributed by atoms with Crippen molar-refractivity contribution in [1.82, 2.24) is 14.3 Å². The minimum atomic E-state index is -0.0437. The molecule has 1 amide bonds. The van der Waals surface area contributed by atoms with Gasteiger partial charge >= 0.3 is 0 Å². The molecule has 0 aromatic carbocycles. The van der Waals surface area contributed by atoms with Crippen molar-refractivity contribution in [3.8, 4) is 5.75 Å². The van der Waals surface area contributed by atoms with Crippen molar-refractivity contribution >= 4 is 11.6 Å². The molecule has 0 radical (unpaired) electrons. The van der Waals surface area contributed by atoms with Crippen molar-refractivity contribution in [2.45, 2.75) is 19.3 Å². The average molecular weight is 245 g/mol. The highest BCUT2D eigenvalue weighted by Gasteiger charge is 2.21. The molecule has 0 saturated carbocycles. The summed E-state index contributed by atoms with van der Waals surface area (Å²) in [5.74, 6) is 0.0491. The highest BCUT2D eigenvalue weighted by molar-refractivity contribution is 5.93. The third-order valence-corrected chi connectivity index (χ3v) is 3.32. The van der Waals surface area contributed by atoms with E-state index in [1.807, 2.05) is 4.90 Å². The second-order valence-electron chi connectivity index (χ2n) is 4.60. The number of amides is 1. The van der Waals surface area contributed by atoms with Crippen molar-refractivity contribution < 1.29 is 9.90 Å². The first-order chi connectivity index (χ1) is 8.75. The smallest absolute Gasteiger partial charge is 0.274 e. The van der Waals surface area contributed by atoms with E-state index in [1.54, 1.807) is 28.9 Å². The molecule has 5 nitrogen and oxygen atoms in total. The summed E-state index contributed by atoms with van der Waals surface area (Å²) in [4.78, 5) is 18.3. The Morgan fingerprint density at radius 3 is 2.78 bits per heavy atom. The largest absolute Gasteiger partial charge is 0.504 e. The Morgan fingerprint density at radius 1 is 1.28 bits per heavy atom. The molecule has 0 spiro atoms. The molecule has 1 saturated heterocycles. The van der Waals surface area contributed by atoms with Crippen LogP contribution in [0, 0.1) is 0 Å². The standard InChI is InChI=1S/C13H15N3O2/c17-11-5-4-8-16-9-10(14-12(11)16)13(18)15-6-2-1-3-7-15/h4-5,8-9,17H,1-3,6-7H2. The van der Waals surface area contributed by atoms with Gasteiger partial charge in [-0.05, 0) is 31.4 Å². The Labute approximate surface area is 105 Å². The minimum absolute atomic E-state index is 0.0437. The van der Waals surface area contributed by atoms with Gasteiger partial charge in [0.15, 0.2) is 11.4 Å². The number of hydrogen-bond acceptors (Lipinski definition) is 3. The molecule has 0 aliphatic carbocycles. The number of likely N-dealkylation sites (tertiary alicyclic amines) is 1. The summed E-state index contributed by atoms with van der Waals surface area (Å²) in [6, 6.07) is 3.29. The van der Waals surface area contributed by atoms with E-state index in [0.717, 1.165) is 25.9 Å². The topological polar surface area (TPSA) is 57.8 Å². The van der Waals surface area contributed by atoms with Crippen molar-refractivity contribution in [2.24, 2.45) is 0 Å². The Kier molecular flexibility index (Phi) is 2.66. The SMILES string of the molecule is O=C(c1cn2cccc(O)c2n1)N1CCCCC1. The number of hydrogen-bond donors (Lipinski definition) is 1. The fourth-order valence-corrected chi connectivity index (χ4v) is 2.36. The maximum absolute atomic E-state index is 12.2. The van der Waals surface area contributed by atoms with Crippen LogP contribution in [-0.4, -0.2) is 38.4 Å². The zero-order chi connectivity index (χ0) is 12.5. The zero-order valence-corrected chi connectivity index (χ0v) is 10.0. The van der Waals surface area contributed by atoms with Crippen LogP contribution in [0.4, 0.5) is 0 Å². The molecule has 18 heavy (non-hydrogen) atoms. The molecular formula is C13H15N3O2. The third-order valence-electron chi connectivity index (χ3n) is 3.32. The molecule has 2 aromatic rings. The number of nitrogens with zero attached hydrogens (tertiary/aromatic N) is 3. The fourth-order valence-electron chi connectivity index (χ4n) is 2.36. The normalized spacial score (nSPS) is 16.1. The van der Waals surface area contributed by atoms with Crippen LogP contribution in [0.2, 0.25) is 0 Å². The molecule has 3 rings (SSSR count). The molecule has 1 fully saturated rings. The Balaban J connectivity index is 1.94. The van der Waals surface area contributed by atoms with Crippen LogP contribution >= 0.6 is 0 Å². The second kappa shape index (κ2) is 4.33. The number of fused-ring (bicyclic) bond motifs is 1. The van der Waals surface area contributed by atoms with Crippen molar-refractivity contribution in [3.05, 3.63) is 30.2 Å². The Morgan fingerprint density at radius 2 is 2.06 bits per heavy atom. The molecule has 3 heterocycles. The second-order valence-corrected chi connectivity index (χ2v) is 4.60. The quantitative estimate of drug-likeness (QED) is 0.831. The highest BCUT2D eigenvalue weighted by atomic mass is 16.3. The van der Waals surface area contributed by atoms with Gasteiger partial charge in [-0.2, -0.15) is 0 Å². The predicted octanol–water partition coefficient (Wildman–Crippen LogP) is 1.67. The first kappa shape index (κ1) is 11.1. The summed E-state index contributed by atoms with van der Waals surface area (Å²) in [6.07, 6.45) is 6.76. The number of aromatic hydroxyl groups is 1. The summed E-state index contributed by atoms with van der Waals surface area (Å²) >= 11 is 0. The van der Waals surface area contributed by atoms with Crippen molar-refractivity contribution in [2.75, 3.05) is 13.1 Å². The van der Waals surface area contributed by atoms with E-state index < -0.39 is 0 Å². The first-order valence-electron chi connectivity index (χ1n) is 6.22. The molecule has 0 unspecified atom stereocenters. The summed E-state index contributed by atoms with van der Waals surface area (Å²) in [5, 5.41) is 9.67. The van der Waals surface area contributed by atoms with Crippen LogP contribution in [0.15, 0.2) is 24.5 Å². The number of pyridine rings is 1. The zero-order valence-electron chi connectivity index (χ0n) is 10.0. The summed E-state index contributed by atoms with van der Waals surface area (Å²) < 4.78 is 1.67. The summed E-state index contributed by atoms with van der Waals surface area (Å²) in [6.45, 7) is 1.61. The monoisotopic (exact) mass is 245 g/mol. The van der Waals surface area contributed by atoms with E-state index in [1.165, 1.54) is 6.42 Å². The molecular weight excluding hydrogens is 230 g/mol. The van der Waals surface area contributed by atoms with E-state index in [2.05, 4.69) is 4.98 Å². The molecule has 5 heteroatoms. The van der Waals surface area contributed by atoms with Gasteiger partial charge in [-0.1, -0.05) is 0 Å². The highest BCUT2D eigenvalue weighted by Crippen LogP contribution is 2.18. The van der Waals surface area contributed by atoms with Gasteiger partial charge < -0.3 is 14.4 Å². The Hall–Kier alpha value is -2.04. The number of imidazole rings is 1. The Bertz CT molecular complexity index is 585. The van der Waals surface area contributed by atoms with Crippen LogP contribution in [0.3, 0.4) is 0 Å². The van der Waals surface area contributed by atoms with Crippen LogP contribution in [-0.2, 0) is 0 Å². The lowest BCUT2D eigenvalue weighted by molar-refractivity contribution is 0.0719. The average Bonchev–Trinajstić information content (AvgIpc) is 2.84. The van der Waals surface area contributed by atoms with E-state index >= 15 is 0 Å². The van der Waals surface area contributed by atoms with Gasteiger partial charge in [-0.3, -0.25) is 4.79 Å². The lowest BCUT2D eigenvalue weighted by Gasteiger charge is -2.25. The molecule has 1 N–H and O–H groups in total. The number of carbonyl (C=O) groups is 1. The summed E-state index contributed by atoms with van der Waals surface area (Å²) in [5.41, 5.74) is 0.830. The van der Waals surface area contributed by atoms with Crippen molar-refractivity contribution in [3.63, 3.8) is 0 Å². The molecule has 2 aromatic heterocycles. The van der Waals surface area contributed by atoms with Crippen LogP contribution in [0.1, 0.15) is 29.8 Å². The fraction of sp³-hybridized carbons (Fsp3) is 0.385. The van der Waals surface area contributed by atoms with E-state index in [4.69, 9.17) is 0 Å². The first-order valence-corrected chi connectivity index (χ1v) is 6.22. The van der Waals surface area contributed by atoms with Crippen molar-refractivity contribution in [1.29, 1.82) is 0 Å². The lowest BCUT2D eigenvalue weighted by atomic mass is 10.1. The van der Waals surface area contributed by atoms with Gasteiger partial charge in [-0.25, -0.2) is 4.98 Å². The van der Waals surface area contributed by atoms with E-state index in [9.17, 15) is 9.90 Å². The maximum atomic E-state index is 12.2. The number of piperidine rings is 1. The summed E-state index contributed by atoms with van der Waals surface area (Å²) in [7, 11) is 0. The number of aromatic nitrogens is 2. The predicted molar refractivity (Wildman–Crippen MR) is 66.6 cm³/mol. The van der Waals surface area contributed by atoms with Gasteiger partial charge in [-0.15, -0.1) is 0 Å². The van der Waals surface area contributed by atoms with Gasteiger partial charge in [0.25, 0.3) is 5.91 Å². The molecule has 0 bridgehead atoms. The third kappa shape index (κ3) is 1.81. The van der Waals surface area contributed by atoms with Gasteiger partial charge in [0.2, 0.25) is 0 Å².